The molecule has 0 aliphatic carbocycles. The van der Waals surface area contributed by atoms with E-state index >= 15 is 0 Å². The average molecular weight is 220 g/mol. The van der Waals surface area contributed by atoms with Crippen molar-refractivity contribution in [3.8, 4) is 0 Å². The molecule has 0 radical (unpaired) electrons. The second-order valence-corrected chi connectivity index (χ2v) is 3.94. The maximum Gasteiger partial charge on any atom is 0.339 e. The van der Waals surface area contributed by atoms with Crippen molar-refractivity contribution < 1.29 is 8.83 Å². The predicted octanol–water partition coefficient (Wildman–Crippen LogP) is 1.98. The fourth-order valence-corrected chi connectivity index (χ4v) is 1.57. The van der Waals surface area contributed by atoms with E-state index in [2.05, 4.69) is 0 Å². The molecule has 2 heterocycles. The summed E-state index contributed by atoms with van der Waals surface area (Å²) in [6.45, 7) is 6.78. The zero-order valence-corrected chi connectivity index (χ0v) is 9.63. The molecule has 0 atom stereocenters. The minimum Gasteiger partial charge on any atom is -0.419 e. The summed E-state index contributed by atoms with van der Waals surface area (Å²) in [4.78, 5) is 23.0. The Morgan fingerprint density at radius 3 is 1.25 bits per heavy atom. The number of hydrogen-bond acceptors (Lipinski definition) is 4. The van der Waals surface area contributed by atoms with E-state index in [1.165, 1.54) is 0 Å². The second-order valence-electron chi connectivity index (χ2n) is 3.94. The molecule has 2 aromatic rings. The number of aryl methyl sites for hydroxylation is 2. The molecule has 2 aromatic heterocycles. The van der Waals surface area contributed by atoms with Crippen molar-refractivity contribution >= 4 is 11.2 Å². The van der Waals surface area contributed by atoms with Gasteiger partial charge >= 0.3 is 11.3 Å². The van der Waals surface area contributed by atoms with Crippen LogP contribution in [-0.4, -0.2) is 0 Å². The van der Waals surface area contributed by atoms with Gasteiger partial charge in [0.2, 0.25) is 0 Å². The van der Waals surface area contributed by atoms with Gasteiger partial charge in [0.1, 0.15) is 0 Å². The van der Waals surface area contributed by atoms with Gasteiger partial charge in [0.05, 0.1) is 0 Å². The van der Waals surface area contributed by atoms with Crippen LogP contribution in [0.1, 0.15) is 22.3 Å². The van der Waals surface area contributed by atoms with Crippen molar-refractivity contribution in [3.05, 3.63) is 43.1 Å². The first kappa shape index (κ1) is 10.7. The zero-order chi connectivity index (χ0) is 12.0. The van der Waals surface area contributed by atoms with Gasteiger partial charge in [-0.05, 0) is 27.7 Å². The molecule has 0 aliphatic rings. The Balaban J connectivity index is 3.15. The molecule has 0 fully saturated rings. The average Bonchev–Trinajstić information content (AvgIpc) is 2.25. The van der Waals surface area contributed by atoms with Crippen LogP contribution in [-0.2, 0) is 0 Å². The summed E-state index contributed by atoms with van der Waals surface area (Å²) in [6, 6.07) is 0. The van der Waals surface area contributed by atoms with E-state index in [1.807, 2.05) is 0 Å². The van der Waals surface area contributed by atoms with Gasteiger partial charge in [-0.2, -0.15) is 0 Å². The van der Waals surface area contributed by atoms with Crippen LogP contribution in [0.4, 0.5) is 0 Å². The van der Waals surface area contributed by atoms with Gasteiger partial charge in [-0.15, -0.1) is 0 Å². The van der Waals surface area contributed by atoms with E-state index in [9.17, 15) is 9.59 Å². The third kappa shape index (κ3) is 1.30. The quantitative estimate of drug-likeness (QED) is 0.681. The van der Waals surface area contributed by atoms with Gasteiger partial charge in [-0.3, -0.25) is 0 Å². The van der Waals surface area contributed by atoms with E-state index in [0.29, 0.717) is 33.4 Å². The van der Waals surface area contributed by atoms with Crippen LogP contribution in [0.3, 0.4) is 0 Å². The molecule has 0 spiro atoms. The highest BCUT2D eigenvalue weighted by atomic mass is 16.4. The van der Waals surface area contributed by atoms with Gasteiger partial charge in [-0.1, -0.05) is 0 Å². The molecule has 16 heavy (non-hydrogen) atoms. The van der Waals surface area contributed by atoms with Gasteiger partial charge < -0.3 is 8.83 Å². The lowest BCUT2D eigenvalue weighted by Crippen LogP contribution is -2.11. The summed E-state index contributed by atoms with van der Waals surface area (Å²) >= 11 is 0. The lowest BCUT2D eigenvalue weighted by Gasteiger charge is -2.05. The normalized spacial score (nSPS) is 11.0. The molecule has 0 amide bonds. The van der Waals surface area contributed by atoms with Crippen LogP contribution >= 0.6 is 0 Å². The maximum atomic E-state index is 11.5. The Bertz CT molecular complexity index is 627. The van der Waals surface area contributed by atoms with Gasteiger partial charge in [-0.25, -0.2) is 9.59 Å². The summed E-state index contributed by atoms with van der Waals surface area (Å²) in [5.74, 6) is 0. The Morgan fingerprint density at radius 2 is 0.938 bits per heavy atom. The first-order chi connectivity index (χ1) is 7.43. The molecule has 0 unspecified atom stereocenters. The molecular formula is C12H12O4. The van der Waals surface area contributed by atoms with Crippen LogP contribution < -0.4 is 11.3 Å². The summed E-state index contributed by atoms with van der Waals surface area (Å²) in [6.07, 6.45) is 0. The molecule has 4 nitrogen and oxygen atoms in total. The number of rotatable bonds is 0. The molecule has 0 aliphatic heterocycles. The third-order valence-corrected chi connectivity index (χ3v) is 3.01. The fraction of sp³-hybridized carbons (Fsp3) is 0.333. The molecular weight excluding hydrogens is 208 g/mol. The minimum absolute atomic E-state index is 0.366. The smallest absolute Gasteiger partial charge is 0.339 e. The van der Waals surface area contributed by atoms with Gasteiger partial charge in [0.25, 0.3) is 0 Å². The van der Waals surface area contributed by atoms with Crippen LogP contribution in [0.25, 0.3) is 11.2 Å². The van der Waals surface area contributed by atoms with E-state index in [1.54, 1.807) is 27.7 Å². The lowest BCUT2D eigenvalue weighted by molar-refractivity contribution is 0.502. The zero-order valence-electron chi connectivity index (χ0n) is 9.63. The molecule has 4 heteroatoms. The Labute approximate surface area is 91.5 Å². The number of hydrogen-bond donors (Lipinski definition) is 0. The van der Waals surface area contributed by atoms with E-state index in [4.69, 9.17) is 8.83 Å². The molecule has 0 bridgehead atoms. The SMILES string of the molecule is Cc1c(C)c2oc(=O)c(C)c(C)c2oc1=O. The number of fused-ring (bicyclic) bond motifs is 1. The molecule has 0 aromatic carbocycles. The highest BCUT2D eigenvalue weighted by molar-refractivity contribution is 5.77. The van der Waals surface area contributed by atoms with E-state index in [-0.39, 0.29) is 11.3 Å². The molecule has 0 N–H and O–H groups in total. The van der Waals surface area contributed by atoms with Crippen molar-refractivity contribution in [3.63, 3.8) is 0 Å². The largest absolute Gasteiger partial charge is 0.419 e. The van der Waals surface area contributed by atoms with E-state index < -0.39 is 0 Å². The van der Waals surface area contributed by atoms with Gasteiger partial charge in [0.15, 0.2) is 11.2 Å². The standard InChI is InChI=1S/C12H12O4/c1-5-7(3)11(13)16-10-6(2)8(4)12(14)15-9(5)10/h1-4H3. The summed E-state index contributed by atoms with van der Waals surface area (Å²) in [5, 5.41) is 0. The van der Waals surface area contributed by atoms with Crippen molar-refractivity contribution in [1.82, 2.24) is 0 Å². The van der Waals surface area contributed by atoms with Crippen molar-refractivity contribution in [1.29, 1.82) is 0 Å². The summed E-state index contributed by atoms with van der Waals surface area (Å²) < 4.78 is 10.3. The van der Waals surface area contributed by atoms with Crippen LogP contribution in [0, 0.1) is 27.7 Å². The first-order valence-electron chi connectivity index (χ1n) is 4.97. The van der Waals surface area contributed by atoms with Crippen LogP contribution in [0.15, 0.2) is 18.4 Å². The Kier molecular flexibility index (Phi) is 2.22. The fourth-order valence-electron chi connectivity index (χ4n) is 1.57. The second kappa shape index (κ2) is 3.33. The molecule has 2 rings (SSSR count). The minimum atomic E-state index is -0.388. The van der Waals surface area contributed by atoms with Crippen LogP contribution in [0.2, 0.25) is 0 Å². The first-order valence-corrected chi connectivity index (χ1v) is 4.97. The monoisotopic (exact) mass is 220 g/mol. The van der Waals surface area contributed by atoms with E-state index in [0.717, 1.165) is 0 Å². The Morgan fingerprint density at radius 1 is 0.625 bits per heavy atom. The topological polar surface area (TPSA) is 60.4 Å². The van der Waals surface area contributed by atoms with Crippen molar-refractivity contribution in [2.75, 3.05) is 0 Å². The highest BCUT2D eigenvalue weighted by Gasteiger charge is 2.15. The molecule has 84 valence electrons. The van der Waals surface area contributed by atoms with Crippen molar-refractivity contribution in [2.24, 2.45) is 0 Å². The van der Waals surface area contributed by atoms with Crippen LogP contribution in [0.5, 0.6) is 0 Å². The van der Waals surface area contributed by atoms with Crippen molar-refractivity contribution in [2.45, 2.75) is 27.7 Å². The molecule has 0 saturated carbocycles. The maximum absolute atomic E-state index is 11.5. The Hall–Kier alpha value is -1.84. The third-order valence-electron chi connectivity index (χ3n) is 3.01. The summed E-state index contributed by atoms with van der Waals surface area (Å²) in [5.41, 5.74) is 2.22. The van der Waals surface area contributed by atoms with Gasteiger partial charge in [0, 0.05) is 22.3 Å². The highest BCUT2D eigenvalue weighted by Crippen LogP contribution is 2.21. The lowest BCUT2D eigenvalue weighted by atomic mass is 10.1. The predicted molar refractivity (Wildman–Crippen MR) is 60.0 cm³/mol. The summed E-state index contributed by atoms with van der Waals surface area (Å²) in [7, 11) is 0. The molecule has 0 saturated heterocycles.